The van der Waals surface area contributed by atoms with Crippen LogP contribution in [0, 0.1) is 18.8 Å². The van der Waals surface area contributed by atoms with Gasteiger partial charge in [-0.2, -0.15) is 0 Å². The normalized spacial score (nSPS) is 30.1. The quantitative estimate of drug-likeness (QED) is 0.400. The van der Waals surface area contributed by atoms with E-state index in [-0.39, 0.29) is 35.3 Å². The molecule has 3 fully saturated rings. The number of fused-ring (bicyclic) bond motifs is 4. The number of carbonyl (C=O) groups excluding carboxylic acids is 3. The highest BCUT2D eigenvalue weighted by Crippen LogP contribution is 2.54. The minimum atomic E-state index is -1.33. The third-order valence-corrected chi connectivity index (χ3v) is 8.43. The van der Waals surface area contributed by atoms with Gasteiger partial charge in [-0.3, -0.25) is 24.6 Å². The summed E-state index contributed by atoms with van der Waals surface area (Å²) in [5.74, 6) is -2.78. The van der Waals surface area contributed by atoms with E-state index < -0.39 is 23.4 Å². The lowest BCUT2D eigenvalue weighted by molar-refractivity contribution is -0.146. The fourth-order valence-corrected chi connectivity index (χ4v) is 6.82. The molecule has 182 valence electrons. The van der Waals surface area contributed by atoms with Gasteiger partial charge >= 0.3 is 0 Å². The summed E-state index contributed by atoms with van der Waals surface area (Å²) in [6.45, 7) is 1.91. The average Bonchev–Trinajstić information content (AvgIpc) is 3.42. The second-order valence-corrected chi connectivity index (χ2v) is 10.4. The first-order valence-electron chi connectivity index (χ1n) is 12.4. The van der Waals surface area contributed by atoms with Crippen molar-refractivity contribution in [2.24, 2.45) is 11.8 Å². The zero-order valence-corrected chi connectivity index (χ0v) is 19.6. The van der Waals surface area contributed by atoms with Crippen LogP contribution in [-0.4, -0.2) is 44.9 Å². The summed E-state index contributed by atoms with van der Waals surface area (Å²) in [6, 6.07) is 9.59. The molecule has 35 heavy (non-hydrogen) atoms. The van der Waals surface area contributed by atoms with E-state index in [1.165, 1.54) is 17.0 Å². The molecule has 0 radical (unpaired) electrons. The van der Waals surface area contributed by atoms with Crippen LogP contribution in [0.5, 0.6) is 11.5 Å². The topological polar surface area (TPSA) is 119 Å². The van der Waals surface area contributed by atoms with E-state index in [4.69, 9.17) is 0 Å². The Hall–Kier alpha value is -3.39. The number of imide groups is 1. The maximum absolute atomic E-state index is 14.0. The molecule has 3 heterocycles. The summed E-state index contributed by atoms with van der Waals surface area (Å²) >= 11 is 0. The monoisotopic (exact) mass is 475 g/mol. The van der Waals surface area contributed by atoms with Crippen molar-refractivity contribution in [3.63, 3.8) is 0 Å². The van der Waals surface area contributed by atoms with Crippen molar-refractivity contribution < 1.29 is 24.6 Å². The van der Waals surface area contributed by atoms with Gasteiger partial charge in [0.2, 0.25) is 17.7 Å². The number of nitrogens with one attached hydrogen (secondary N) is 2. The molecule has 2 aromatic carbocycles. The zero-order valence-electron chi connectivity index (χ0n) is 19.6. The number of aryl methyl sites for hydroxylation is 1. The molecular formula is C27H29N3O5. The first-order chi connectivity index (χ1) is 16.8. The van der Waals surface area contributed by atoms with E-state index in [9.17, 15) is 24.6 Å². The molecule has 2 aromatic rings. The Morgan fingerprint density at radius 1 is 1.00 bits per heavy atom. The number of nitrogens with zero attached hydrogens (tertiary/aromatic N) is 1. The van der Waals surface area contributed by atoms with Crippen LogP contribution in [-0.2, 0) is 26.3 Å². The largest absolute Gasteiger partial charge is 0.504 e. The van der Waals surface area contributed by atoms with Crippen molar-refractivity contribution in [1.82, 2.24) is 10.2 Å². The van der Waals surface area contributed by atoms with Crippen molar-refractivity contribution in [3.05, 3.63) is 53.1 Å². The molecule has 1 aliphatic carbocycles. The van der Waals surface area contributed by atoms with E-state index in [1.807, 2.05) is 25.1 Å². The number of rotatable bonds is 3. The number of aromatic hydroxyl groups is 2. The van der Waals surface area contributed by atoms with Gasteiger partial charge in [-0.1, -0.05) is 43.5 Å². The number of hydrogen-bond acceptors (Lipinski definition) is 6. The Balaban J connectivity index is 1.46. The summed E-state index contributed by atoms with van der Waals surface area (Å²) < 4.78 is 0. The molecular weight excluding hydrogens is 446 g/mol. The van der Waals surface area contributed by atoms with Gasteiger partial charge < -0.3 is 15.5 Å². The fraction of sp³-hybridized carbons (Fsp3) is 0.444. The molecule has 4 N–H and O–H groups in total. The number of amides is 3. The predicted molar refractivity (Wildman–Crippen MR) is 128 cm³/mol. The Bertz CT molecular complexity index is 1250. The number of likely N-dealkylation sites (tertiary alicyclic amines) is 1. The number of phenolic OH excluding ortho intramolecular Hbond substituents is 2. The van der Waals surface area contributed by atoms with Crippen LogP contribution >= 0.6 is 0 Å². The molecule has 4 atom stereocenters. The van der Waals surface area contributed by atoms with Gasteiger partial charge in [0, 0.05) is 23.3 Å². The van der Waals surface area contributed by atoms with Crippen molar-refractivity contribution in [2.75, 3.05) is 5.32 Å². The zero-order chi connectivity index (χ0) is 24.5. The highest BCUT2D eigenvalue weighted by Gasteiger charge is 2.70. The predicted octanol–water partition coefficient (Wildman–Crippen LogP) is 2.70. The number of anilines is 1. The van der Waals surface area contributed by atoms with Gasteiger partial charge in [0.25, 0.3) is 0 Å². The molecule has 8 heteroatoms. The third kappa shape index (κ3) is 3.05. The SMILES string of the molecule is Cc1cccc2c1NC(=O)C21NC(Cc2ccc(O)c(O)c2)C2C(=O)N(C3CCCCC3)C(=O)C21. The number of carbonyl (C=O) groups is 3. The third-order valence-electron chi connectivity index (χ3n) is 8.43. The van der Waals surface area contributed by atoms with Crippen molar-refractivity contribution in [3.8, 4) is 11.5 Å². The number of phenols is 2. The van der Waals surface area contributed by atoms with Crippen molar-refractivity contribution >= 4 is 23.4 Å². The molecule has 0 bridgehead atoms. The average molecular weight is 476 g/mol. The molecule has 4 unspecified atom stereocenters. The van der Waals surface area contributed by atoms with Crippen LogP contribution in [0.4, 0.5) is 5.69 Å². The Morgan fingerprint density at radius 3 is 2.51 bits per heavy atom. The lowest BCUT2D eigenvalue weighted by atomic mass is 9.76. The first kappa shape index (κ1) is 22.1. The molecule has 2 saturated heterocycles. The minimum absolute atomic E-state index is 0.119. The van der Waals surface area contributed by atoms with Crippen molar-refractivity contribution in [2.45, 2.75) is 63.1 Å². The molecule has 0 aromatic heterocycles. The van der Waals surface area contributed by atoms with E-state index in [0.29, 0.717) is 23.2 Å². The van der Waals surface area contributed by atoms with Crippen LogP contribution < -0.4 is 10.6 Å². The highest BCUT2D eigenvalue weighted by molar-refractivity contribution is 6.15. The van der Waals surface area contributed by atoms with Gasteiger partial charge in [0.15, 0.2) is 11.5 Å². The summed E-state index contributed by atoms with van der Waals surface area (Å²) in [5.41, 5.74) is 1.68. The Labute approximate surface area is 203 Å². The summed E-state index contributed by atoms with van der Waals surface area (Å²) in [7, 11) is 0. The van der Waals surface area contributed by atoms with Gasteiger partial charge in [0.05, 0.1) is 11.8 Å². The van der Waals surface area contributed by atoms with Crippen LogP contribution in [0.3, 0.4) is 0 Å². The second kappa shape index (κ2) is 7.81. The lowest BCUT2D eigenvalue weighted by Gasteiger charge is -2.34. The number of hydrogen-bond donors (Lipinski definition) is 4. The fourth-order valence-electron chi connectivity index (χ4n) is 6.82. The second-order valence-electron chi connectivity index (χ2n) is 10.4. The Kier molecular flexibility index (Phi) is 4.93. The standard InChI is InChI=1S/C27H29N3O5/c1-14-6-5-9-17-23(14)28-26(35)27(17)22-21(18(29-27)12-15-10-11-19(31)20(32)13-15)24(33)30(25(22)34)16-7-3-2-4-8-16/h5-6,9-11,13,16,18,21-22,29,31-32H,2-4,7-8,12H2,1H3,(H,28,35). The summed E-state index contributed by atoms with van der Waals surface area (Å²) in [5, 5.41) is 26.2. The van der Waals surface area contributed by atoms with Crippen LogP contribution in [0.25, 0.3) is 0 Å². The minimum Gasteiger partial charge on any atom is -0.504 e. The Morgan fingerprint density at radius 2 is 1.77 bits per heavy atom. The van der Waals surface area contributed by atoms with Gasteiger partial charge in [0.1, 0.15) is 5.54 Å². The summed E-state index contributed by atoms with van der Waals surface area (Å²) in [6.07, 6.45) is 5.00. The maximum Gasteiger partial charge on any atom is 0.250 e. The number of para-hydroxylation sites is 1. The molecule has 6 rings (SSSR count). The molecule has 4 aliphatic rings. The van der Waals surface area contributed by atoms with Gasteiger partial charge in [-0.15, -0.1) is 0 Å². The highest BCUT2D eigenvalue weighted by atomic mass is 16.3. The molecule has 1 saturated carbocycles. The lowest BCUT2D eigenvalue weighted by Crippen LogP contribution is -2.54. The van der Waals surface area contributed by atoms with Crippen LogP contribution in [0.15, 0.2) is 36.4 Å². The van der Waals surface area contributed by atoms with Crippen molar-refractivity contribution in [1.29, 1.82) is 0 Å². The van der Waals surface area contributed by atoms with E-state index >= 15 is 0 Å². The van der Waals surface area contributed by atoms with E-state index in [2.05, 4.69) is 10.6 Å². The van der Waals surface area contributed by atoms with Crippen LogP contribution in [0.2, 0.25) is 0 Å². The summed E-state index contributed by atoms with van der Waals surface area (Å²) in [4.78, 5) is 43.0. The van der Waals surface area contributed by atoms with Crippen LogP contribution in [0.1, 0.15) is 48.8 Å². The molecule has 3 amide bonds. The molecule has 1 spiro atoms. The van der Waals surface area contributed by atoms with Gasteiger partial charge in [-0.25, -0.2) is 0 Å². The van der Waals surface area contributed by atoms with Gasteiger partial charge in [-0.05, 0) is 49.4 Å². The maximum atomic E-state index is 14.0. The number of benzene rings is 2. The van der Waals surface area contributed by atoms with E-state index in [1.54, 1.807) is 6.07 Å². The molecule has 8 nitrogen and oxygen atoms in total. The smallest absolute Gasteiger partial charge is 0.250 e. The first-order valence-corrected chi connectivity index (χ1v) is 12.4. The van der Waals surface area contributed by atoms with E-state index in [0.717, 1.165) is 37.7 Å². The molecule has 3 aliphatic heterocycles.